The Bertz CT molecular complexity index is 414. The van der Waals surface area contributed by atoms with E-state index in [0.29, 0.717) is 46.2 Å². The first kappa shape index (κ1) is 33.6. The third kappa shape index (κ3) is 19.9. The van der Waals surface area contributed by atoms with Gasteiger partial charge < -0.3 is 43.0 Å². The topological polar surface area (TPSA) is 94.1 Å². The van der Waals surface area contributed by atoms with Crippen molar-refractivity contribution >= 4 is 0 Å². The van der Waals surface area contributed by atoms with E-state index in [0.717, 1.165) is 0 Å². The van der Waals surface area contributed by atoms with E-state index in [9.17, 15) is 0 Å². The number of hydrogen-bond acceptors (Lipinski definition) is 9. The minimum absolute atomic E-state index is 0.000883. The highest BCUT2D eigenvalue weighted by Crippen LogP contribution is 2.05. The van der Waals surface area contributed by atoms with E-state index < -0.39 is 0 Å². The van der Waals surface area contributed by atoms with Crippen LogP contribution in [0.25, 0.3) is 0 Å². The normalized spacial score (nSPS) is 19.2. The third-order valence-electron chi connectivity index (χ3n) is 4.97. The van der Waals surface area contributed by atoms with Gasteiger partial charge in [0.1, 0.15) is 0 Å². The van der Waals surface area contributed by atoms with Crippen LogP contribution in [0.2, 0.25) is 0 Å². The van der Waals surface area contributed by atoms with Gasteiger partial charge in [0.25, 0.3) is 0 Å². The average Bonchev–Trinajstić information content (AvgIpc) is 2.83. The summed E-state index contributed by atoms with van der Waals surface area (Å²) in [5.41, 5.74) is 0. The fourth-order valence-electron chi connectivity index (χ4n) is 2.51. The van der Waals surface area contributed by atoms with Crippen LogP contribution >= 0.6 is 0 Å². The van der Waals surface area contributed by atoms with Gasteiger partial charge in [-0.2, -0.15) is 0 Å². The molecule has 9 heteroatoms. The average molecular weight is 497 g/mol. The molecule has 0 aliphatic rings. The smallest absolute Gasteiger partial charge is 0.0781 e. The van der Waals surface area contributed by atoms with Gasteiger partial charge in [0, 0.05) is 7.11 Å². The highest BCUT2D eigenvalue weighted by Gasteiger charge is 2.14. The summed E-state index contributed by atoms with van der Waals surface area (Å²) in [4.78, 5) is 0. The van der Waals surface area contributed by atoms with Gasteiger partial charge in [0.15, 0.2) is 0 Å². The molecule has 1 N–H and O–H groups in total. The van der Waals surface area contributed by atoms with Crippen LogP contribution in [0.5, 0.6) is 0 Å². The van der Waals surface area contributed by atoms with E-state index >= 15 is 0 Å². The Hall–Kier alpha value is -0.360. The Labute approximate surface area is 207 Å². The Morgan fingerprint density at radius 1 is 0.382 bits per heavy atom. The van der Waals surface area contributed by atoms with Crippen LogP contribution in [0, 0.1) is 0 Å². The van der Waals surface area contributed by atoms with E-state index in [1.54, 1.807) is 7.11 Å². The van der Waals surface area contributed by atoms with Gasteiger partial charge in [-0.05, 0) is 55.4 Å². The van der Waals surface area contributed by atoms with Gasteiger partial charge in [0.2, 0.25) is 0 Å². The molecule has 0 aromatic rings. The maximum Gasteiger partial charge on any atom is 0.0781 e. The number of aliphatic hydroxyl groups is 1. The van der Waals surface area contributed by atoms with Crippen molar-refractivity contribution < 1.29 is 43.0 Å². The maximum atomic E-state index is 8.98. The van der Waals surface area contributed by atoms with Gasteiger partial charge in [-0.15, -0.1) is 0 Å². The molecule has 8 unspecified atom stereocenters. The minimum atomic E-state index is -0.182. The van der Waals surface area contributed by atoms with Crippen LogP contribution in [-0.4, -0.2) is 114 Å². The lowest BCUT2D eigenvalue weighted by Crippen LogP contribution is -2.30. The summed E-state index contributed by atoms with van der Waals surface area (Å²) in [7, 11) is 1.67. The van der Waals surface area contributed by atoms with E-state index in [-0.39, 0.29) is 55.4 Å². The number of methoxy groups -OCH3 is 1. The number of hydrogen-bond donors (Lipinski definition) is 1. The molecule has 0 bridgehead atoms. The predicted octanol–water partition coefficient (Wildman–Crippen LogP) is 2.85. The zero-order chi connectivity index (χ0) is 25.9. The molecule has 0 saturated heterocycles. The van der Waals surface area contributed by atoms with E-state index in [2.05, 4.69) is 0 Å². The molecule has 0 amide bonds. The lowest BCUT2D eigenvalue weighted by Gasteiger charge is -2.23. The summed E-state index contributed by atoms with van der Waals surface area (Å²) in [5, 5.41) is 8.98. The van der Waals surface area contributed by atoms with Crippen molar-refractivity contribution in [3.63, 3.8) is 0 Å². The van der Waals surface area contributed by atoms with Crippen LogP contribution in [-0.2, 0) is 37.9 Å². The van der Waals surface area contributed by atoms with E-state index in [1.165, 1.54) is 0 Å². The summed E-state index contributed by atoms with van der Waals surface area (Å²) in [6.07, 6.45) is -0.362. The molecule has 0 aliphatic carbocycles. The summed E-state index contributed by atoms with van der Waals surface area (Å²) >= 11 is 0. The van der Waals surface area contributed by atoms with Crippen molar-refractivity contribution in [2.45, 2.75) is 104 Å². The summed E-state index contributed by atoms with van der Waals surface area (Å²) in [6, 6.07) is 0. The lowest BCUT2D eigenvalue weighted by molar-refractivity contribution is -0.108. The van der Waals surface area contributed by atoms with Gasteiger partial charge in [0.05, 0.1) is 102 Å². The fraction of sp³-hybridized carbons (Fsp3) is 1.00. The molecule has 0 heterocycles. The first-order valence-corrected chi connectivity index (χ1v) is 12.5. The zero-order valence-corrected chi connectivity index (χ0v) is 23.0. The highest BCUT2D eigenvalue weighted by atomic mass is 16.6. The highest BCUT2D eigenvalue weighted by molar-refractivity contribution is 4.59. The van der Waals surface area contributed by atoms with Crippen molar-refractivity contribution in [1.82, 2.24) is 0 Å². The lowest BCUT2D eigenvalue weighted by atomic mass is 10.3. The Balaban J connectivity index is 3.82. The van der Waals surface area contributed by atoms with Crippen LogP contribution in [0.3, 0.4) is 0 Å². The molecule has 0 aliphatic heterocycles. The number of ether oxygens (including phenoxy) is 8. The fourth-order valence-corrected chi connectivity index (χ4v) is 2.51. The quantitative estimate of drug-likeness (QED) is 0.229. The minimum Gasteiger partial charge on any atom is -0.394 e. The number of aliphatic hydroxyl groups excluding tert-OH is 1. The third-order valence-corrected chi connectivity index (χ3v) is 4.97. The van der Waals surface area contributed by atoms with Crippen molar-refractivity contribution in [1.29, 1.82) is 0 Å². The molecule has 0 fully saturated rings. The second-order valence-electron chi connectivity index (χ2n) is 9.24. The summed E-state index contributed by atoms with van der Waals surface area (Å²) in [6.45, 7) is 19.0. The van der Waals surface area contributed by atoms with Gasteiger partial charge in [-0.1, -0.05) is 0 Å². The molecule has 0 aromatic heterocycles. The number of rotatable bonds is 23. The summed E-state index contributed by atoms with van der Waals surface area (Å²) in [5.74, 6) is 0. The maximum absolute atomic E-state index is 8.98. The molecule has 206 valence electrons. The van der Waals surface area contributed by atoms with Crippen LogP contribution < -0.4 is 0 Å². The molecular formula is C25H52O9. The van der Waals surface area contributed by atoms with Gasteiger partial charge in [-0.25, -0.2) is 0 Å². The molecule has 0 aromatic carbocycles. The first-order chi connectivity index (χ1) is 16.1. The summed E-state index contributed by atoms with van der Waals surface area (Å²) < 4.78 is 45.3. The van der Waals surface area contributed by atoms with Crippen molar-refractivity contribution in [2.24, 2.45) is 0 Å². The second-order valence-corrected chi connectivity index (χ2v) is 9.24. The van der Waals surface area contributed by atoms with Crippen molar-refractivity contribution in [2.75, 3.05) is 60.0 Å². The Morgan fingerprint density at radius 2 is 0.588 bits per heavy atom. The molecule has 8 atom stereocenters. The van der Waals surface area contributed by atoms with Crippen molar-refractivity contribution in [3.8, 4) is 0 Å². The molecule has 0 spiro atoms. The Kier molecular flexibility index (Phi) is 20.6. The Morgan fingerprint density at radius 3 is 0.794 bits per heavy atom. The molecular weight excluding hydrogens is 444 g/mol. The van der Waals surface area contributed by atoms with E-state index in [1.807, 2.05) is 55.4 Å². The molecule has 34 heavy (non-hydrogen) atoms. The molecule has 9 nitrogen and oxygen atoms in total. The molecule has 0 radical (unpaired) electrons. The monoisotopic (exact) mass is 496 g/mol. The molecule has 0 saturated carbocycles. The van der Waals surface area contributed by atoms with Crippen LogP contribution in [0.4, 0.5) is 0 Å². The van der Waals surface area contributed by atoms with Crippen molar-refractivity contribution in [3.05, 3.63) is 0 Å². The largest absolute Gasteiger partial charge is 0.394 e. The van der Waals surface area contributed by atoms with Gasteiger partial charge >= 0.3 is 0 Å². The first-order valence-electron chi connectivity index (χ1n) is 12.5. The SMILES string of the molecule is COC(C)COC(C)COC(C)COC(C)COC(C)COC(C)COC(C)COC(C)CO. The van der Waals surface area contributed by atoms with Gasteiger partial charge in [-0.3, -0.25) is 0 Å². The van der Waals surface area contributed by atoms with E-state index in [4.69, 9.17) is 43.0 Å². The second kappa shape index (κ2) is 20.8. The zero-order valence-electron chi connectivity index (χ0n) is 23.0. The predicted molar refractivity (Wildman–Crippen MR) is 131 cm³/mol. The van der Waals surface area contributed by atoms with Crippen LogP contribution in [0.15, 0.2) is 0 Å². The molecule has 0 rings (SSSR count). The van der Waals surface area contributed by atoms with Crippen LogP contribution in [0.1, 0.15) is 55.4 Å². The standard InChI is InChI=1S/C25H52O9/c1-18(10-26)28-12-20(3)30-14-22(5)32-16-24(7)34-17-25(8)33-15-23(6)31-13-21(4)29-11-19(2)27-9/h18-26H,10-17H2,1-9H3.